The van der Waals surface area contributed by atoms with Crippen LogP contribution in [0.4, 0.5) is 4.39 Å². The third kappa shape index (κ3) is 2.69. The Kier molecular flexibility index (Phi) is 3.65. The second kappa shape index (κ2) is 6.31. The lowest BCUT2D eigenvalue weighted by Crippen LogP contribution is -2.04. The standard InChI is InChI=1S/C21H14FN5O/c22-15-7-4-13(5-8-15)21-16(10-24-26-21)14-6-9-19-23-11-18(27(19)12-14)17-2-1-3-20(28)25-17/h1-12H,(H,24,26)(H,25,28). The maximum Gasteiger partial charge on any atom is 0.248 e. The van der Waals surface area contributed by atoms with Gasteiger partial charge in [-0.05, 0) is 42.5 Å². The Hall–Kier alpha value is -4.00. The number of H-pyrrole nitrogens is 2. The topological polar surface area (TPSA) is 78.8 Å². The van der Waals surface area contributed by atoms with Crippen molar-refractivity contribution in [1.29, 1.82) is 0 Å². The fourth-order valence-corrected chi connectivity index (χ4v) is 3.27. The number of halogens is 1. The predicted octanol–water partition coefficient (Wildman–Crippen LogP) is 3.89. The number of hydrogen-bond donors (Lipinski definition) is 2. The molecule has 2 N–H and O–H groups in total. The van der Waals surface area contributed by atoms with E-state index in [1.165, 1.54) is 18.2 Å². The molecule has 0 aliphatic heterocycles. The summed E-state index contributed by atoms with van der Waals surface area (Å²) in [7, 11) is 0. The zero-order valence-electron chi connectivity index (χ0n) is 14.6. The van der Waals surface area contributed by atoms with Crippen LogP contribution >= 0.6 is 0 Å². The van der Waals surface area contributed by atoms with Crippen LogP contribution in [-0.2, 0) is 0 Å². The Morgan fingerprint density at radius 2 is 1.79 bits per heavy atom. The normalized spacial score (nSPS) is 11.2. The van der Waals surface area contributed by atoms with Gasteiger partial charge >= 0.3 is 0 Å². The average molecular weight is 371 g/mol. The molecule has 0 spiro atoms. The first kappa shape index (κ1) is 16.2. The van der Waals surface area contributed by atoms with Crippen molar-refractivity contribution in [3.8, 4) is 33.8 Å². The molecule has 0 radical (unpaired) electrons. The Labute approximate surface area is 158 Å². The summed E-state index contributed by atoms with van der Waals surface area (Å²) in [5.74, 6) is -0.290. The van der Waals surface area contributed by atoms with Crippen molar-refractivity contribution in [2.75, 3.05) is 0 Å². The fourth-order valence-electron chi connectivity index (χ4n) is 3.27. The molecule has 6 nitrogen and oxygen atoms in total. The molecule has 0 unspecified atom stereocenters. The summed E-state index contributed by atoms with van der Waals surface area (Å²) in [4.78, 5) is 18.9. The van der Waals surface area contributed by atoms with E-state index < -0.39 is 0 Å². The predicted molar refractivity (Wildman–Crippen MR) is 104 cm³/mol. The molecule has 4 heterocycles. The third-order valence-electron chi connectivity index (χ3n) is 4.62. The molecule has 0 aliphatic rings. The SMILES string of the molecule is O=c1cccc(-c2cnc3ccc(-c4c[nH]nc4-c4ccc(F)cc4)cn23)[nH]1. The van der Waals surface area contributed by atoms with Crippen LogP contribution in [0.2, 0.25) is 0 Å². The fraction of sp³-hybridized carbons (Fsp3) is 0. The van der Waals surface area contributed by atoms with Gasteiger partial charge in [-0.1, -0.05) is 6.07 Å². The number of benzene rings is 1. The van der Waals surface area contributed by atoms with Crippen LogP contribution in [0.3, 0.4) is 0 Å². The lowest BCUT2D eigenvalue weighted by Gasteiger charge is -2.06. The van der Waals surface area contributed by atoms with Gasteiger partial charge in [0, 0.05) is 35.2 Å². The van der Waals surface area contributed by atoms with E-state index in [1.54, 1.807) is 30.6 Å². The summed E-state index contributed by atoms with van der Waals surface area (Å²) >= 11 is 0. The summed E-state index contributed by atoms with van der Waals surface area (Å²) in [6, 6.07) is 15.1. The first-order chi connectivity index (χ1) is 13.7. The number of nitrogens with one attached hydrogen (secondary N) is 2. The Morgan fingerprint density at radius 1 is 0.964 bits per heavy atom. The number of aromatic amines is 2. The number of nitrogens with zero attached hydrogens (tertiary/aromatic N) is 3. The van der Waals surface area contributed by atoms with Crippen molar-refractivity contribution < 1.29 is 4.39 Å². The van der Waals surface area contributed by atoms with Crippen LogP contribution in [0.1, 0.15) is 0 Å². The minimum absolute atomic E-state index is 0.169. The highest BCUT2D eigenvalue weighted by atomic mass is 19.1. The van der Waals surface area contributed by atoms with Gasteiger partial charge < -0.3 is 4.98 Å². The Bertz CT molecular complexity index is 1350. The molecule has 5 rings (SSSR count). The van der Waals surface area contributed by atoms with Gasteiger partial charge in [-0.3, -0.25) is 14.3 Å². The molecule has 28 heavy (non-hydrogen) atoms. The first-order valence-corrected chi connectivity index (χ1v) is 8.66. The maximum atomic E-state index is 13.3. The minimum atomic E-state index is -0.290. The van der Waals surface area contributed by atoms with E-state index in [0.29, 0.717) is 5.69 Å². The van der Waals surface area contributed by atoms with E-state index >= 15 is 0 Å². The van der Waals surface area contributed by atoms with E-state index in [0.717, 1.165) is 33.7 Å². The monoisotopic (exact) mass is 371 g/mol. The second-order valence-corrected chi connectivity index (χ2v) is 6.37. The van der Waals surface area contributed by atoms with Crippen molar-refractivity contribution in [2.45, 2.75) is 0 Å². The van der Waals surface area contributed by atoms with Crippen molar-refractivity contribution in [3.63, 3.8) is 0 Å². The number of rotatable bonds is 3. The van der Waals surface area contributed by atoms with Gasteiger partial charge in [0.15, 0.2) is 0 Å². The van der Waals surface area contributed by atoms with E-state index in [-0.39, 0.29) is 11.4 Å². The quantitative estimate of drug-likeness (QED) is 0.505. The van der Waals surface area contributed by atoms with Crippen LogP contribution in [0.5, 0.6) is 0 Å². The van der Waals surface area contributed by atoms with Crippen LogP contribution in [-0.4, -0.2) is 24.6 Å². The van der Waals surface area contributed by atoms with Crippen LogP contribution in [0.15, 0.2) is 78.0 Å². The Morgan fingerprint density at radius 3 is 2.61 bits per heavy atom. The van der Waals surface area contributed by atoms with E-state index in [4.69, 9.17) is 0 Å². The largest absolute Gasteiger partial charge is 0.321 e. The summed E-state index contributed by atoms with van der Waals surface area (Å²) < 4.78 is 15.2. The minimum Gasteiger partial charge on any atom is -0.321 e. The van der Waals surface area contributed by atoms with E-state index in [1.807, 2.05) is 28.8 Å². The highest BCUT2D eigenvalue weighted by Gasteiger charge is 2.13. The van der Waals surface area contributed by atoms with Gasteiger partial charge in [0.25, 0.3) is 0 Å². The summed E-state index contributed by atoms with van der Waals surface area (Å²) in [6.07, 6.45) is 5.47. The highest BCUT2D eigenvalue weighted by Crippen LogP contribution is 2.31. The second-order valence-electron chi connectivity index (χ2n) is 6.37. The smallest absolute Gasteiger partial charge is 0.248 e. The lowest BCUT2D eigenvalue weighted by atomic mass is 10.0. The Balaban J connectivity index is 1.66. The maximum absolute atomic E-state index is 13.3. The summed E-state index contributed by atoms with van der Waals surface area (Å²) in [6.45, 7) is 0. The molecule has 1 aromatic carbocycles. The molecule has 0 saturated heterocycles. The zero-order valence-corrected chi connectivity index (χ0v) is 14.6. The number of fused-ring (bicyclic) bond motifs is 1. The molecule has 0 saturated carbocycles. The van der Waals surface area contributed by atoms with Gasteiger partial charge in [0.2, 0.25) is 5.56 Å². The molecular weight excluding hydrogens is 357 g/mol. The molecule has 0 bridgehead atoms. The lowest BCUT2D eigenvalue weighted by molar-refractivity contribution is 0.628. The van der Waals surface area contributed by atoms with Crippen LogP contribution in [0, 0.1) is 5.82 Å². The van der Waals surface area contributed by atoms with Gasteiger partial charge in [-0.2, -0.15) is 5.10 Å². The van der Waals surface area contributed by atoms with Crippen molar-refractivity contribution in [1.82, 2.24) is 24.6 Å². The zero-order chi connectivity index (χ0) is 19.1. The van der Waals surface area contributed by atoms with Crippen molar-refractivity contribution >= 4 is 5.65 Å². The molecule has 0 amide bonds. The third-order valence-corrected chi connectivity index (χ3v) is 4.62. The van der Waals surface area contributed by atoms with Crippen molar-refractivity contribution in [3.05, 3.63) is 89.4 Å². The number of imidazole rings is 1. The molecule has 4 aromatic heterocycles. The van der Waals surface area contributed by atoms with Gasteiger partial charge in [0.05, 0.1) is 23.3 Å². The number of pyridine rings is 2. The molecule has 5 aromatic rings. The summed E-state index contributed by atoms with van der Waals surface area (Å²) in [5, 5.41) is 7.22. The van der Waals surface area contributed by atoms with Gasteiger partial charge in [-0.25, -0.2) is 9.37 Å². The van der Waals surface area contributed by atoms with E-state index in [9.17, 15) is 9.18 Å². The summed E-state index contributed by atoms with van der Waals surface area (Å²) in [5.41, 5.74) is 5.40. The van der Waals surface area contributed by atoms with E-state index in [2.05, 4.69) is 20.2 Å². The first-order valence-electron chi connectivity index (χ1n) is 8.66. The van der Waals surface area contributed by atoms with Crippen LogP contribution in [0.25, 0.3) is 39.4 Å². The molecule has 0 atom stereocenters. The van der Waals surface area contributed by atoms with Gasteiger partial charge in [-0.15, -0.1) is 0 Å². The molecule has 0 fully saturated rings. The van der Waals surface area contributed by atoms with Crippen LogP contribution < -0.4 is 5.56 Å². The van der Waals surface area contributed by atoms with Crippen molar-refractivity contribution in [2.24, 2.45) is 0 Å². The number of hydrogen-bond acceptors (Lipinski definition) is 3. The molecule has 7 heteroatoms. The van der Waals surface area contributed by atoms with Gasteiger partial charge in [0.1, 0.15) is 11.5 Å². The number of aromatic nitrogens is 5. The molecule has 0 aliphatic carbocycles. The highest BCUT2D eigenvalue weighted by molar-refractivity contribution is 5.80. The molecule has 136 valence electrons. The molecular formula is C21H14FN5O. The average Bonchev–Trinajstić information content (AvgIpc) is 3.35.